The first-order valence-corrected chi connectivity index (χ1v) is 7.96. The molecule has 0 aliphatic heterocycles. The molecule has 136 valence electrons. The van der Waals surface area contributed by atoms with Crippen molar-refractivity contribution >= 4 is 11.0 Å². The van der Waals surface area contributed by atoms with E-state index in [1.165, 1.54) is 30.9 Å². The molecule has 2 aromatic carbocycles. The summed E-state index contributed by atoms with van der Waals surface area (Å²) in [7, 11) is 3.01. The Balaban J connectivity index is 2.19. The number of aromatic nitrogens is 2. The van der Waals surface area contributed by atoms with Gasteiger partial charge in [-0.1, -0.05) is 24.3 Å². The van der Waals surface area contributed by atoms with Crippen LogP contribution in [0.4, 0.5) is 13.2 Å². The van der Waals surface area contributed by atoms with Gasteiger partial charge < -0.3 is 9.30 Å². The molecule has 3 aromatic rings. The van der Waals surface area contributed by atoms with E-state index in [0.29, 0.717) is 22.3 Å². The van der Waals surface area contributed by atoms with Gasteiger partial charge in [0.2, 0.25) is 0 Å². The van der Waals surface area contributed by atoms with E-state index in [4.69, 9.17) is 4.74 Å². The second-order valence-electron chi connectivity index (χ2n) is 5.99. The minimum Gasteiger partial charge on any atom is -0.497 e. The number of hydrogen-bond donors (Lipinski definition) is 0. The third-order valence-corrected chi connectivity index (χ3v) is 4.29. The molecule has 0 bridgehead atoms. The lowest BCUT2D eigenvalue weighted by Crippen LogP contribution is -2.28. The van der Waals surface area contributed by atoms with Crippen molar-refractivity contribution < 1.29 is 17.9 Å². The van der Waals surface area contributed by atoms with Crippen molar-refractivity contribution in [3.05, 3.63) is 70.1 Å². The number of nitrogens with zero attached hydrogens (tertiary/aromatic N) is 2. The number of halogens is 3. The maximum absolute atomic E-state index is 13.2. The number of benzene rings is 2. The van der Waals surface area contributed by atoms with Gasteiger partial charge >= 0.3 is 6.18 Å². The Kier molecular flexibility index (Phi) is 4.71. The van der Waals surface area contributed by atoms with Crippen LogP contribution in [-0.4, -0.2) is 22.8 Å². The van der Waals surface area contributed by atoms with Gasteiger partial charge in [0.15, 0.2) is 0 Å². The van der Waals surface area contributed by atoms with Crippen LogP contribution < -0.4 is 10.3 Å². The van der Waals surface area contributed by atoms with Gasteiger partial charge in [0, 0.05) is 13.0 Å². The molecule has 0 N–H and O–H groups in total. The van der Waals surface area contributed by atoms with Crippen molar-refractivity contribution in [2.24, 2.45) is 7.05 Å². The van der Waals surface area contributed by atoms with Crippen molar-refractivity contribution in [2.45, 2.75) is 18.5 Å². The predicted octanol–water partition coefficient (Wildman–Crippen LogP) is 4.03. The smallest absolute Gasteiger partial charge is 0.390 e. The van der Waals surface area contributed by atoms with Crippen molar-refractivity contribution in [1.82, 2.24) is 9.55 Å². The van der Waals surface area contributed by atoms with Gasteiger partial charge in [-0.2, -0.15) is 13.2 Å². The second kappa shape index (κ2) is 6.82. The number of fused-ring (bicyclic) bond motifs is 1. The van der Waals surface area contributed by atoms with E-state index in [-0.39, 0.29) is 5.69 Å². The summed E-state index contributed by atoms with van der Waals surface area (Å²) in [5.74, 6) is -0.664. The summed E-state index contributed by atoms with van der Waals surface area (Å²) in [4.78, 5) is 17.0. The highest BCUT2D eigenvalue weighted by molar-refractivity contribution is 5.74. The zero-order chi connectivity index (χ0) is 18.9. The monoisotopic (exact) mass is 362 g/mol. The molecule has 7 heteroatoms. The van der Waals surface area contributed by atoms with Crippen LogP contribution in [0.2, 0.25) is 0 Å². The summed E-state index contributed by atoms with van der Waals surface area (Å²) >= 11 is 0. The maximum atomic E-state index is 13.2. The molecular formula is C19H17F3N2O2. The molecule has 0 radical (unpaired) electrons. The Morgan fingerprint density at radius 3 is 2.38 bits per heavy atom. The summed E-state index contributed by atoms with van der Waals surface area (Å²) in [5, 5.41) is 0. The van der Waals surface area contributed by atoms with Gasteiger partial charge in [-0.3, -0.25) is 4.79 Å². The fraction of sp³-hybridized carbons (Fsp3) is 0.263. The van der Waals surface area contributed by atoms with Gasteiger partial charge in [0.1, 0.15) is 11.4 Å². The summed E-state index contributed by atoms with van der Waals surface area (Å²) < 4.78 is 46.0. The molecule has 1 atom stereocenters. The van der Waals surface area contributed by atoms with Crippen molar-refractivity contribution in [3.63, 3.8) is 0 Å². The van der Waals surface area contributed by atoms with E-state index < -0.39 is 24.1 Å². The fourth-order valence-corrected chi connectivity index (χ4v) is 2.97. The number of alkyl halides is 3. The second-order valence-corrected chi connectivity index (χ2v) is 5.99. The first kappa shape index (κ1) is 18.0. The summed E-state index contributed by atoms with van der Waals surface area (Å²) in [5.41, 5.74) is 0.762. The zero-order valence-corrected chi connectivity index (χ0v) is 14.2. The molecule has 3 rings (SSSR count). The average Bonchev–Trinajstić information content (AvgIpc) is 2.62. The van der Waals surface area contributed by atoms with Gasteiger partial charge in [0.25, 0.3) is 5.56 Å². The SMILES string of the molecule is COc1ccc(C(CC(F)(F)F)c2nc3ccccc3n(C)c2=O)cc1. The molecular weight excluding hydrogens is 345 g/mol. The normalized spacial score (nSPS) is 13.0. The molecule has 0 amide bonds. The third-order valence-electron chi connectivity index (χ3n) is 4.29. The Bertz CT molecular complexity index is 979. The van der Waals surface area contributed by atoms with Gasteiger partial charge in [-0.25, -0.2) is 4.98 Å². The molecule has 26 heavy (non-hydrogen) atoms. The van der Waals surface area contributed by atoms with Crippen LogP contribution in [0.25, 0.3) is 11.0 Å². The Hall–Kier alpha value is -2.83. The quantitative estimate of drug-likeness (QED) is 0.704. The maximum Gasteiger partial charge on any atom is 0.390 e. The van der Waals surface area contributed by atoms with E-state index >= 15 is 0 Å². The average molecular weight is 362 g/mol. The standard InChI is InChI=1S/C19H17F3N2O2/c1-24-16-6-4-3-5-15(16)23-17(18(24)25)14(11-19(20,21)22)12-7-9-13(26-2)10-8-12/h3-10,14H,11H2,1-2H3. The Morgan fingerprint density at radius 2 is 1.77 bits per heavy atom. The number of ether oxygens (including phenoxy) is 1. The lowest BCUT2D eigenvalue weighted by Gasteiger charge is -2.20. The molecule has 4 nitrogen and oxygen atoms in total. The molecule has 0 spiro atoms. The third kappa shape index (κ3) is 3.56. The van der Waals surface area contributed by atoms with Crippen LogP contribution in [0.5, 0.6) is 5.75 Å². The molecule has 0 fully saturated rings. The van der Waals surface area contributed by atoms with Gasteiger partial charge in [0.05, 0.1) is 24.6 Å². The highest BCUT2D eigenvalue weighted by Gasteiger charge is 2.35. The summed E-state index contributed by atoms with van der Waals surface area (Å²) in [6.45, 7) is 0. The van der Waals surface area contributed by atoms with Gasteiger partial charge in [-0.15, -0.1) is 0 Å². The van der Waals surface area contributed by atoms with Crippen molar-refractivity contribution in [2.75, 3.05) is 7.11 Å². The lowest BCUT2D eigenvalue weighted by molar-refractivity contribution is -0.137. The number of para-hydroxylation sites is 2. The van der Waals surface area contributed by atoms with E-state index in [0.717, 1.165) is 0 Å². The lowest BCUT2D eigenvalue weighted by atomic mass is 9.92. The van der Waals surface area contributed by atoms with Crippen LogP contribution in [0.15, 0.2) is 53.3 Å². The molecule has 1 heterocycles. The van der Waals surface area contributed by atoms with Crippen LogP contribution >= 0.6 is 0 Å². The molecule has 1 unspecified atom stereocenters. The van der Waals surface area contributed by atoms with E-state index in [1.807, 2.05) is 0 Å². The number of aryl methyl sites for hydroxylation is 1. The topological polar surface area (TPSA) is 44.1 Å². The summed E-state index contributed by atoms with van der Waals surface area (Å²) in [6, 6.07) is 13.1. The van der Waals surface area contributed by atoms with E-state index in [2.05, 4.69) is 4.98 Å². The van der Waals surface area contributed by atoms with Crippen LogP contribution in [0.1, 0.15) is 23.6 Å². The van der Waals surface area contributed by atoms with Crippen molar-refractivity contribution in [1.29, 1.82) is 0 Å². The number of hydrogen-bond acceptors (Lipinski definition) is 3. The van der Waals surface area contributed by atoms with Crippen LogP contribution in [0, 0.1) is 0 Å². The highest BCUT2D eigenvalue weighted by Crippen LogP contribution is 2.35. The van der Waals surface area contributed by atoms with E-state index in [9.17, 15) is 18.0 Å². The van der Waals surface area contributed by atoms with Crippen molar-refractivity contribution in [3.8, 4) is 5.75 Å². The Morgan fingerprint density at radius 1 is 1.12 bits per heavy atom. The summed E-state index contributed by atoms with van der Waals surface area (Å²) in [6.07, 6.45) is -5.61. The minimum atomic E-state index is -4.44. The van der Waals surface area contributed by atoms with Crippen LogP contribution in [-0.2, 0) is 7.05 Å². The molecule has 1 aromatic heterocycles. The van der Waals surface area contributed by atoms with E-state index in [1.54, 1.807) is 36.4 Å². The molecule has 0 aliphatic carbocycles. The zero-order valence-electron chi connectivity index (χ0n) is 14.2. The Labute approximate surface area is 147 Å². The van der Waals surface area contributed by atoms with Gasteiger partial charge in [-0.05, 0) is 29.8 Å². The number of rotatable bonds is 4. The fourth-order valence-electron chi connectivity index (χ4n) is 2.97. The number of methoxy groups -OCH3 is 1. The molecule has 0 saturated carbocycles. The largest absolute Gasteiger partial charge is 0.497 e. The molecule has 0 aliphatic rings. The first-order valence-electron chi connectivity index (χ1n) is 7.96. The van der Waals surface area contributed by atoms with Crippen LogP contribution in [0.3, 0.4) is 0 Å². The molecule has 0 saturated heterocycles. The highest BCUT2D eigenvalue weighted by atomic mass is 19.4. The first-order chi connectivity index (χ1) is 12.3. The minimum absolute atomic E-state index is 0.117. The predicted molar refractivity (Wildman–Crippen MR) is 92.5 cm³/mol.